The highest BCUT2D eigenvalue weighted by atomic mass is 16.3. The van der Waals surface area contributed by atoms with Gasteiger partial charge in [0.1, 0.15) is 5.65 Å². The maximum atomic E-state index is 13.2. The Morgan fingerprint density at radius 1 is 1.19 bits per heavy atom. The second-order valence-electron chi connectivity index (χ2n) is 10.0. The van der Waals surface area contributed by atoms with Crippen LogP contribution in [0.15, 0.2) is 47.4 Å². The number of aromatic hydroxyl groups is 1. The lowest BCUT2D eigenvalue weighted by Gasteiger charge is -2.23. The van der Waals surface area contributed by atoms with Crippen molar-refractivity contribution in [2.24, 2.45) is 5.92 Å². The Labute approximate surface area is 209 Å². The van der Waals surface area contributed by atoms with Crippen LogP contribution in [-0.4, -0.2) is 48.6 Å². The molecule has 5 rings (SSSR count). The standard InChI is InChI=1S/C27H31N5O4/c1-17(2)16-31-25-19(10-13-22(33)30-14-6-9-21(30)18-7-4-3-5-8-18)15-28-32(25)27(36)23(26(31)35)24(34)29-20-11-12-20/h3-5,7-8,10,13,15,17,20-21,35H,6,9,11-12,14,16H2,1-2H3,(H,29,34)/b13-10+/t21-/m0/s1. The molecule has 3 aromatic rings. The van der Waals surface area contributed by atoms with Gasteiger partial charge >= 0.3 is 0 Å². The molecular formula is C27H31N5O4. The number of fused-ring (bicyclic) bond motifs is 1. The van der Waals surface area contributed by atoms with E-state index < -0.39 is 11.5 Å². The van der Waals surface area contributed by atoms with Gasteiger partial charge in [-0.3, -0.25) is 19.0 Å². The van der Waals surface area contributed by atoms with Gasteiger partial charge in [0.2, 0.25) is 11.8 Å². The molecule has 3 heterocycles. The largest absolute Gasteiger partial charge is 0.494 e. The molecule has 0 radical (unpaired) electrons. The number of likely N-dealkylation sites (tertiary alicyclic amines) is 1. The molecule has 1 aliphatic carbocycles. The molecule has 2 amide bonds. The molecular weight excluding hydrogens is 458 g/mol. The summed E-state index contributed by atoms with van der Waals surface area (Å²) in [5.74, 6) is -0.984. The lowest BCUT2D eigenvalue weighted by atomic mass is 10.0. The van der Waals surface area contributed by atoms with Crippen LogP contribution >= 0.6 is 0 Å². The zero-order chi connectivity index (χ0) is 25.4. The number of hydrogen-bond donors (Lipinski definition) is 2. The van der Waals surface area contributed by atoms with Gasteiger partial charge in [0, 0.05) is 30.8 Å². The van der Waals surface area contributed by atoms with Gasteiger partial charge in [-0.15, -0.1) is 0 Å². The number of carbonyl (C=O) groups excluding carboxylic acids is 2. The molecule has 9 heteroatoms. The maximum Gasteiger partial charge on any atom is 0.291 e. The zero-order valence-electron chi connectivity index (χ0n) is 20.6. The number of aromatic nitrogens is 3. The molecule has 36 heavy (non-hydrogen) atoms. The van der Waals surface area contributed by atoms with Crippen molar-refractivity contribution in [3.05, 3.63) is 69.6 Å². The van der Waals surface area contributed by atoms with Crippen LogP contribution in [0.4, 0.5) is 0 Å². The molecule has 0 spiro atoms. The van der Waals surface area contributed by atoms with Crippen LogP contribution in [-0.2, 0) is 11.3 Å². The summed E-state index contributed by atoms with van der Waals surface area (Å²) in [5, 5.41) is 18.0. The van der Waals surface area contributed by atoms with E-state index >= 15 is 0 Å². The fourth-order valence-electron chi connectivity index (χ4n) is 4.86. The van der Waals surface area contributed by atoms with E-state index in [1.165, 1.54) is 16.8 Å². The highest BCUT2D eigenvalue weighted by Gasteiger charge is 2.31. The zero-order valence-corrected chi connectivity index (χ0v) is 20.6. The van der Waals surface area contributed by atoms with Crippen molar-refractivity contribution >= 4 is 23.5 Å². The Morgan fingerprint density at radius 2 is 1.94 bits per heavy atom. The summed E-state index contributed by atoms with van der Waals surface area (Å²) in [7, 11) is 0. The summed E-state index contributed by atoms with van der Waals surface area (Å²) in [6.45, 7) is 4.99. The highest BCUT2D eigenvalue weighted by Crippen LogP contribution is 2.32. The number of nitrogens with one attached hydrogen (secondary N) is 1. The van der Waals surface area contributed by atoms with Gasteiger partial charge < -0.3 is 15.3 Å². The van der Waals surface area contributed by atoms with Crippen molar-refractivity contribution in [1.29, 1.82) is 0 Å². The average molecular weight is 490 g/mol. The van der Waals surface area contributed by atoms with E-state index in [1.54, 1.807) is 6.08 Å². The maximum absolute atomic E-state index is 13.2. The minimum Gasteiger partial charge on any atom is -0.494 e. The third-order valence-corrected chi connectivity index (χ3v) is 6.73. The van der Waals surface area contributed by atoms with E-state index in [1.807, 2.05) is 49.1 Å². The number of rotatable bonds is 7. The number of hydrogen-bond acceptors (Lipinski definition) is 5. The smallest absolute Gasteiger partial charge is 0.291 e. The first-order valence-corrected chi connectivity index (χ1v) is 12.5. The van der Waals surface area contributed by atoms with Gasteiger partial charge in [0.15, 0.2) is 5.56 Å². The van der Waals surface area contributed by atoms with E-state index in [2.05, 4.69) is 10.4 Å². The molecule has 2 fully saturated rings. The molecule has 1 atom stereocenters. The monoisotopic (exact) mass is 489 g/mol. The Kier molecular flexibility index (Phi) is 6.38. The molecule has 0 unspecified atom stereocenters. The van der Waals surface area contributed by atoms with Crippen LogP contribution in [0.1, 0.15) is 67.1 Å². The van der Waals surface area contributed by atoms with Crippen molar-refractivity contribution in [3.8, 4) is 5.88 Å². The first-order valence-electron chi connectivity index (χ1n) is 12.5. The fourth-order valence-corrected chi connectivity index (χ4v) is 4.86. The van der Waals surface area contributed by atoms with Gasteiger partial charge in [0.25, 0.3) is 11.5 Å². The summed E-state index contributed by atoms with van der Waals surface area (Å²) < 4.78 is 2.67. The second-order valence-corrected chi connectivity index (χ2v) is 10.0. The summed E-state index contributed by atoms with van der Waals surface area (Å²) in [6, 6.07) is 10.1. The van der Waals surface area contributed by atoms with Gasteiger partial charge in [-0.2, -0.15) is 9.61 Å². The Balaban J connectivity index is 1.50. The normalized spacial score (nSPS) is 18.0. The minimum absolute atomic E-state index is 0.0305. The topological polar surface area (TPSA) is 109 Å². The van der Waals surface area contributed by atoms with E-state index in [-0.39, 0.29) is 35.4 Å². The van der Waals surface area contributed by atoms with Crippen LogP contribution in [0, 0.1) is 5.92 Å². The molecule has 188 valence electrons. The summed E-state index contributed by atoms with van der Waals surface area (Å²) >= 11 is 0. The van der Waals surface area contributed by atoms with Crippen LogP contribution in [0.25, 0.3) is 11.7 Å². The number of amides is 2. The fraction of sp³-hybridized carbons (Fsp3) is 0.407. The molecule has 1 aliphatic heterocycles. The van der Waals surface area contributed by atoms with Crippen LogP contribution in [0.2, 0.25) is 0 Å². The lowest BCUT2D eigenvalue weighted by Crippen LogP contribution is -2.34. The first kappa shape index (κ1) is 23.8. The quantitative estimate of drug-likeness (QED) is 0.496. The molecule has 2 N–H and O–H groups in total. The first-order chi connectivity index (χ1) is 17.3. The SMILES string of the molecule is CC(C)Cn1c(O)c(C(=O)NC2CC2)c(=O)n2ncc(/C=C/C(=O)N3CCC[C@H]3c3ccccc3)c12. The van der Waals surface area contributed by atoms with Crippen molar-refractivity contribution in [2.45, 2.75) is 58.2 Å². The minimum atomic E-state index is -0.685. The number of benzene rings is 1. The highest BCUT2D eigenvalue weighted by molar-refractivity contribution is 5.97. The molecule has 1 saturated heterocycles. The van der Waals surface area contributed by atoms with Crippen molar-refractivity contribution in [3.63, 3.8) is 0 Å². The molecule has 9 nitrogen and oxygen atoms in total. The van der Waals surface area contributed by atoms with Crippen molar-refractivity contribution in [1.82, 2.24) is 24.4 Å². The van der Waals surface area contributed by atoms with Crippen LogP contribution in [0.5, 0.6) is 5.88 Å². The van der Waals surface area contributed by atoms with Gasteiger partial charge in [-0.25, -0.2) is 0 Å². The number of carbonyl (C=O) groups is 2. The van der Waals surface area contributed by atoms with Crippen LogP contribution in [0.3, 0.4) is 0 Å². The average Bonchev–Trinajstić information content (AvgIpc) is 3.36. The van der Waals surface area contributed by atoms with Crippen molar-refractivity contribution < 1.29 is 14.7 Å². The Hall–Kier alpha value is -3.88. The predicted molar refractivity (Wildman–Crippen MR) is 136 cm³/mol. The molecule has 1 saturated carbocycles. The molecule has 2 aromatic heterocycles. The summed E-state index contributed by atoms with van der Waals surface area (Å²) in [5.41, 5.74) is 0.975. The predicted octanol–water partition coefficient (Wildman–Crippen LogP) is 3.13. The summed E-state index contributed by atoms with van der Waals surface area (Å²) in [6.07, 6.45) is 8.18. The Morgan fingerprint density at radius 3 is 2.64 bits per heavy atom. The summed E-state index contributed by atoms with van der Waals surface area (Å²) in [4.78, 5) is 40.9. The second kappa shape index (κ2) is 9.64. The van der Waals surface area contributed by atoms with E-state index in [0.717, 1.165) is 35.8 Å². The van der Waals surface area contributed by atoms with Gasteiger partial charge in [-0.1, -0.05) is 44.2 Å². The van der Waals surface area contributed by atoms with Crippen LogP contribution < -0.4 is 10.9 Å². The molecule has 0 bridgehead atoms. The molecule has 1 aromatic carbocycles. The third kappa shape index (κ3) is 4.53. The third-order valence-electron chi connectivity index (χ3n) is 6.73. The lowest BCUT2D eigenvalue weighted by molar-refractivity contribution is -0.126. The van der Waals surface area contributed by atoms with Gasteiger partial charge in [0.05, 0.1) is 12.2 Å². The Bertz CT molecular complexity index is 1380. The number of nitrogens with zero attached hydrogens (tertiary/aromatic N) is 4. The van der Waals surface area contributed by atoms with Gasteiger partial charge in [-0.05, 0) is 43.2 Å². The van der Waals surface area contributed by atoms with E-state index in [4.69, 9.17) is 0 Å². The van der Waals surface area contributed by atoms with Crippen molar-refractivity contribution in [2.75, 3.05) is 6.54 Å². The van der Waals surface area contributed by atoms with E-state index in [9.17, 15) is 19.5 Å². The molecule has 2 aliphatic rings. The van der Waals surface area contributed by atoms with E-state index in [0.29, 0.717) is 24.3 Å².